The van der Waals surface area contributed by atoms with E-state index in [1.54, 1.807) is 24.3 Å². The van der Waals surface area contributed by atoms with E-state index in [-0.39, 0.29) is 11.2 Å². The lowest BCUT2D eigenvalue weighted by atomic mass is 10.0. The summed E-state index contributed by atoms with van der Waals surface area (Å²) >= 11 is 6.70. The zero-order valence-corrected chi connectivity index (χ0v) is 20.6. The molecule has 2 atom stereocenters. The lowest BCUT2D eigenvalue weighted by Crippen LogP contribution is -2.22. The minimum atomic E-state index is -0.844. The van der Waals surface area contributed by atoms with Crippen LogP contribution in [-0.2, 0) is 19.0 Å². The molecule has 0 radical (unpaired) electrons. The fraction of sp³-hybridized carbons (Fsp3) is 0.583. The summed E-state index contributed by atoms with van der Waals surface area (Å²) in [7, 11) is 1.41. The molecule has 0 bridgehead atoms. The van der Waals surface area contributed by atoms with Crippen molar-refractivity contribution in [1.29, 1.82) is 5.26 Å². The van der Waals surface area contributed by atoms with Crippen molar-refractivity contribution in [2.75, 3.05) is 13.7 Å². The first-order valence-electron chi connectivity index (χ1n) is 11.1. The minimum absolute atomic E-state index is 0.0293. The number of carbonyl (C=O) groups is 2. The van der Waals surface area contributed by atoms with Gasteiger partial charge < -0.3 is 14.2 Å². The van der Waals surface area contributed by atoms with E-state index in [4.69, 9.17) is 21.7 Å². The van der Waals surface area contributed by atoms with Gasteiger partial charge in [0.15, 0.2) is 6.10 Å². The molecule has 176 valence electrons. The Balaban J connectivity index is 2.47. The summed E-state index contributed by atoms with van der Waals surface area (Å²) in [5.41, 5.74) is 0.425. The van der Waals surface area contributed by atoms with Crippen LogP contribution in [0.4, 0.5) is 0 Å². The van der Waals surface area contributed by atoms with E-state index in [0.717, 1.165) is 44.9 Å². The first-order chi connectivity index (χ1) is 15.5. The molecule has 0 fully saturated rings. The summed E-state index contributed by atoms with van der Waals surface area (Å²) in [5, 5.41) is 9.55. The highest BCUT2D eigenvalue weighted by Crippen LogP contribution is 2.26. The Morgan fingerprint density at radius 3 is 2.38 bits per heavy atom. The number of ether oxygens (including phenoxy) is 3. The number of unbranched alkanes of at least 4 members (excludes halogenated alkanes) is 5. The Labute approximate surface area is 201 Å². The molecule has 2 unspecified atom stereocenters. The van der Waals surface area contributed by atoms with Gasteiger partial charge in [-0.25, -0.2) is 4.79 Å². The second-order valence-corrected chi connectivity index (χ2v) is 9.19. The SMILES string of the molecule is CCOC(=S)SC(CCCCCCCCC(=O)OC)CC(C#N)OC(=O)c1ccccc1. The molecule has 1 rings (SSSR count). The number of methoxy groups -OCH3 is 1. The number of thiocarbonyl (C=S) groups is 1. The van der Waals surface area contributed by atoms with Crippen molar-refractivity contribution in [3.63, 3.8) is 0 Å². The second kappa shape index (κ2) is 17.4. The summed E-state index contributed by atoms with van der Waals surface area (Å²) in [6, 6.07) is 10.8. The molecule has 32 heavy (non-hydrogen) atoms. The molecule has 1 aromatic rings. The number of nitriles is 1. The van der Waals surface area contributed by atoms with Crippen molar-refractivity contribution in [3.8, 4) is 6.07 Å². The molecular weight excluding hydrogens is 446 g/mol. The van der Waals surface area contributed by atoms with Crippen molar-refractivity contribution in [2.45, 2.75) is 76.1 Å². The zero-order valence-electron chi connectivity index (χ0n) is 18.9. The monoisotopic (exact) mass is 479 g/mol. The Kier molecular flexibility index (Phi) is 15.2. The van der Waals surface area contributed by atoms with E-state index in [1.807, 2.05) is 13.0 Å². The maximum Gasteiger partial charge on any atom is 0.339 e. The van der Waals surface area contributed by atoms with Gasteiger partial charge in [-0.2, -0.15) is 5.26 Å². The molecule has 0 aliphatic rings. The summed E-state index contributed by atoms with van der Waals surface area (Å²) < 4.78 is 15.9. The van der Waals surface area contributed by atoms with Gasteiger partial charge in [0.05, 0.1) is 19.3 Å². The predicted molar refractivity (Wildman–Crippen MR) is 130 cm³/mol. The first kappa shape index (κ1) is 27.9. The summed E-state index contributed by atoms with van der Waals surface area (Å²) in [6.07, 6.45) is 6.92. The van der Waals surface area contributed by atoms with Gasteiger partial charge in [-0.05, 0) is 44.1 Å². The maximum absolute atomic E-state index is 12.3. The number of hydrogen-bond acceptors (Lipinski definition) is 8. The highest BCUT2D eigenvalue weighted by Gasteiger charge is 2.22. The fourth-order valence-electron chi connectivity index (χ4n) is 3.10. The van der Waals surface area contributed by atoms with Gasteiger partial charge in [0.2, 0.25) is 4.38 Å². The molecule has 0 aliphatic heterocycles. The van der Waals surface area contributed by atoms with Gasteiger partial charge >= 0.3 is 11.9 Å². The van der Waals surface area contributed by atoms with Crippen molar-refractivity contribution in [1.82, 2.24) is 0 Å². The number of hydrogen-bond donors (Lipinski definition) is 0. The number of nitrogens with zero attached hydrogens (tertiary/aromatic N) is 1. The number of carbonyl (C=O) groups excluding carboxylic acids is 2. The summed E-state index contributed by atoms with van der Waals surface area (Å²) in [6.45, 7) is 2.37. The van der Waals surface area contributed by atoms with E-state index in [2.05, 4.69) is 10.8 Å². The average molecular weight is 480 g/mol. The van der Waals surface area contributed by atoms with Crippen LogP contribution in [0.5, 0.6) is 0 Å². The number of esters is 2. The molecule has 0 heterocycles. The smallest absolute Gasteiger partial charge is 0.339 e. The van der Waals surface area contributed by atoms with Crippen molar-refractivity contribution < 1.29 is 23.8 Å². The standard InChI is InChI=1S/C24H33NO5S2/c1-3-29-24(31)32-21(15-11-6-4-5-7-12-16-22(26)28-2)17-20(18-25)30-23(27)19-13-9-8-10-14-19/h8-10,13-14,20-21H,3-7,11-12,15-17H2,1-2H3. The molecule has 0 spiro atoms. The van der Waals surface area contributed by atoms with Crippen LogP contribution in [0.15, 0.2) is 30.3 Å². The van der Waals surface area contributed by atoms with Crippen LogP contribution in [0.1, 0.15) is 75.1 Å². The molecular formula is C24H33NO5S2. The van der Waals surface area contributed by atoms with Crippen LogP contribution in [-0.4, -0.2) is 41.4 Å². The number of thioether (sulfide) groups is 1. The predicted octanol–water partition coefficient (Wildman–Crippen LogP) is 5.84. The molecule has 8 heteroatoms. The third kappa shape index (κ3) is 12.7. The molecule has 0 aromatic heterocycles. The molecule has 0 N–H and O–H groups in total. The van der Waals surface area contributed by atoms with Gasteiger partial charge in [-0.1, -0.05) is 62.1 Å². The normalized spacial score (nSPS) is 12.3. The van der Waals surface area contributed by atoms with Crippen LogP contribution < -0.4 is 0 Å². The van der Waals surface area contributed by atoms with E-state index in [1.165, 1.54) is 18.9 Å². The van der Waals surface area contributed by atoms with Gasteiger partial charge in [0, 0.05) is 18.1 Å². The minimum Gasteiger partial charge on any atom is -0.479 e. The van der Waals surface area contributed by atoms with Crippen LogP contribution in [0, 0.1) is 11.3 Å². The largest absolute Gasteiger partial charge is 0.479 e. The van der Waals surface area contributed by atoms with E-state index in [0.29, 0.717) is 29.4 Å². The maximum atomic E-state index is 12.3. The quantitative estimate of drug-likeness (QED) is 0.176. The lowest BCUT2D eigenvalue weighted by Gasteiger charge is -2.20. The highest BCUT2D eigenvalue weighted by molar-refractivity contribution is 8.23. The average Bonchev–Trinajstić information content (AvgIpc) is 2.80. The van der Waals surface area contributed by atoms with Crippen LogP contribution in [0.3, 0.4) is 0 Å². The summed E-state index contributed by atoms with van der Waals surface area (Å²) in [4.78, 5) is 23.4. The van der Waals surface area contributed by atoms with E-state index >= 15 is 0 Å². The van der Waals surface area contributed by atoms with Crippen molar-refractivity contribution in [3.05, 3.63) is 35.9 Å². The van der Waals surface area contributed by atoms with Gasteiger partial charge in [0.25, 0.3) is 0 Å². The molecule has 1 aromatic carbocycles. The van der Waals surface area contributed by atoms with Crippen LogP contribution in [0.25, 0.3) is 0 Å². The van der Waals surface area contributed by atoms with Gasteiger partial charge in [-0.15, -0.1) is 0 Å². The lowest BCUT2D eigenvalue weighted by molar-refractivity contribution is -0.140. The molecule has 0 aliphatic carbocycles. The Bertz CT molecular complexity index is 736. The topological polar surface area (TPSA) is 85.6 Å². The highest BCUT2D eigenvalue weighted by atomic mass is 32.2. The third-order valence-corrected chi connectivity index (χ3v) is 6.27. The molecule has 0 saturated heterocycles. The Morgan fingerprint density at radius 1 is 1.09 bits per heavy atom. The van der Waals surface area contributed by atoms with Gasteiger partial charge in [-0.3, -0.25) is 4.79 Å². The van der Waals surface area contributed by atoms with Crippen molar-refractivity contribution in [2.24, 2.45) is 0 Å². The molecule has 0 amide bonds. The molecule has 6 nitrogen and oxygen atoms in total. The van der Waals surface area contributed by atoms with Crippen LogP contribution in [0.2, 0.25) is 0 Å². The fourth-order valence-corrected chi connectivity index (χ4v) is 4.64. The van der Waals surface area contributed by atoms with Crippen LogP contribution >= 0.6 is 24.0 Å². The Hall–Kier alpha value is -2.11. The van der Waals surface area contributed by atoms with E-state index < -0.39 is 12.1 Å². The zero-order chi connectivity index (χ0) is 23.6. The van der Waals surface area contributed by atoms with Gasteiger partial charge in [0.1, 0.15) is 6.07 Å². The van der Waals surface area contributed by atoms with Crippen molar-refractivity contribution >= 4 is 40.3 Å². The third-order valence-electron chi connectivity index (χ3n) is 4.79. The number of benzene rings is 1. The molecule has 0 saturated carbocycles. The Morgan fingerprint density at radius 2 is 1.75 bits per heavy atom. The number of rotatable bonds is 15. The van der Waals surface area contributed by atoms with E-state index in [9.17, 15) is 14.9 Å². The summed E-state index contributed by atoms with van der Waals surface area (Å²) in [5.74, 6) is -0.657. The first-order valence-corrected chi connectivity index (χ1v) is 12.3. The second-order valence-electron chi connectivity index (χ2n) is 7.28.